The van der Waals surface area contributed by atoms with Gasteiger partial charge in [-0.05, 0) is 53.4 Å². The van der Waals surface area contributed by atoms with Gasteiger partial charge in [0.1, 0.15) is 18.1 Å². The highest BCUT2D eigenvalue weighted by atomic mass is 16.5. The first-order chi connectivity index (χ1) is 14.2. The maximum atomic E-state index is 11.9. The van der Waals surface area contributed by atoms with Crippen LogP contribution in [-0.4, -0.2) is 18.7 Å². The van der Waals surface area contributed by atoms with Gasteiger partial charge in [-0.1, -0.05) is 55.5 Å². The number of para-hydroxylation sites is 1. The first-order valence-electron chi connectivity index (χ1n) is 9.54. The van der Waals surface area contributed by atoms with Gasteiger partial charge < -0.3 is 9.47 Å². The van der Waals surface area contributed by atoms with Crippen molar-refractivity contribution in [3.8, 4) is 11.5 Å². The molecule has 0 radical (unpaired) electrons. The molecule has 29 heavy (non-hydrogen) atoms. The van der Waals surface area contributed by atoms with Crippen molar-refractivity contribution in [1.82, 2.24) is 5.43 Å². The summed E-state index contributed by atoms with van der Waals surface area (Å²) in [5.41, 5.74) is 5.51. The van der Waals surface area contributed by atoms with Crippen LogP contribution < -0.4 is 14.9 Å². The Morgan fingerprint density at radius 3 is 2.41 bits per heavy atom. The van der Waals surface area contributed by atoms with E-state index in [1.54, 1.807) is 6.21 Å². The Kier molecular flexibility index (Phi) is 7.41. The molecule has 0 saturated carbocycles. The van der Waals surface area contributed by atoms with Crippen molar-refractivity contribution < 1.29 is 14.3 Å². The molecule has 0 aliphatic heterocycles. The standard InChI is InChI=1S/C24H24N2O3/c1-2-21-10-6-7-11-23(21)29-18-24(27)26-25-16-19-12-14-22(15-13-19)28-17-20-8-4-3-5-9-20/h3-16H,2,17-18H2,1H3,(H,26,27)/b25-16+. The molecular formula is C24H24N2O3. The zero-order valence-electron chi connectivity index (χ0n) is 16.4. The number of hydrazone groups is 1. The van der Waals surface area contributed by atoms with Gasteiger partial charge in [0.15, 0.2) is 6.61 Å². The van der Waals surface area contributed by atoms with Gasteiger partial charge in [-0.15, -0.1) is 0 Å². The molecule has 148 valence electrons. The monoisotopic (exact) mass is 388 g/mol. The number of nitrogens with zero attached hydrogens (tertiary/aromatic N) is 1. The summed E-state index contributed by atoms with van der Waals surface area (Å²) in [7, 11) is 0. The second kappa shape index (κ2) is 10.7. The molecular weight excluding hydrogens is 364 g/mol. The molecule has 5 nitrogen and oxygen atoms in total. The molecule has 0 saturated heterocycles. The van der Waals surface area contributed by atoms with Crippen molar-refractivity contribution in [2.75, 3.05) is 6.61 Å². The number of hydrogen-bond donors (Lipinski definition) is 1. The lowest BCUT2D eigenvalue weighted by Gasteiger charge is -2.09. The number of hydrogen-bond acceptors (Lipinski definition) is 4. The van der Waals surface area contributed by atoms with E-state index in [4.69, 9.17) is 9.47 Å². The molecule has 0 aromatic heterocycles. The van der Waals surface area contributed by atoms with E-state index in [-0.39, 0.29) is 12.5 Å². The number of carbonyl (C=O) groups is 1. The van der Waals surface area contributed by atoms with Crippen LogP contribution in [0.4, 0.5) is 0 Å². The average Bonchev–Trinajstić information content (AvgIpc) is 2.78. The van der Waals surface area contributed by atoms with Crippen LogP contribution in [0.5, 0.6) is 11.5 Å². The number of carbonyl (C=O) groups excluding carboxylic acids is 1. The highest BCUT2D eigenvalue weighted by Crippen LogP contribution is 2.18. The van der Waals surface area contributed by atoms with E-state index in [0.29, 0.717) is 6.61 Å². The zero-order valence-corrected chi connectivity index (χ0v) is 16.4. The van der Waals surface area contributed by atoms with Crippen molar-refractivity contribution >= 4 is 12.1 Å². The van der Waals surface area contributed by atoms with Gasteiger partial charge >= 0.3 is 0 Å². The first-order valence-corrected chi connectivity index (χ1v) is 9.54. The molecule has 3 aromatic rings. The second-order valence-electron chi connectivity index (χ2n) is 6.39. The van der Waals surface area contributed by atoms with Crippen LogP contribution in [0.1, 0.15) is 23.6 Å². The van der Waals surface area contributed by atoms with Crippen LogP contribution in [0.2, 0.25) is 0 Å². The molecule has 0 bridgehead atoms. The van der Waals surface area contributed by atoms with E-state index in [2.05, 4.69) is 10.5 Å². The zero-order chi connectivity index (χ0) is 20.3. The van der Waals surface area contributed by atoms with Gasteiger partial charge in [0.2, 0.25) is 0 Å². The maximum absolute atomic E-state index is 11.9. The van der Waals surface area contributed by atoms with E-state index in [1.165, 1.54) is 0 Å². The summed E-state index contributed by atoms with van der Waals surface area (Å²) in [5.74, 6) is 1.19. The minimum Gasteiger partial charge on any atom is -0.489 e. The number of amides is 1. The number of ether oxygens (including phenoxy) is 2. The highest BCUT2D eigenvalue weighted by molar-refractivity contribution is 5.83. The molecule has 0 aliphatic carbocycles. The minimum atomic E-state index is -0.310. The summed E-state index contributed by atoms with van der Waals surface area (Å²) < 4.78 is 11.3. The molecule has 0 atom stereocenters. The molecule has 0 heterocycles. The molecule has 1 N–H and O–H groups in total. The first kappa shape index (κ1) is 20.1. The van der Waals surface area contributed by atoms with Gasteiger partial charge in [-0.3, -0.25) is 4.79 Å². The fraction of sp³-hybridized carbons (Fsp3) is 0.167. The average molecular weight is 388 g/mol. The van der Waals surface area contributed by atoms with Gasteiger partial charge in [-0.25, -0.2) is 5.43 Å². The lowest BCUT2D eigenvalue weighted by Crippen LogP contribution is -2.24. The van der Waals surface area contributed by atoms with Crippen LogP contribution in [0, 0.1) is 0 Å². The third-order valence-electron chi connectivity index (χ3n) is 4.24. The number of aryl methyl sites for hydroxylation is 1. The number of nitrogens with one attached hydrogen (secondary N) is 1. The molecule has 0 fully saturated rings. The van der Waals surface area contributed by atoms with Gasteiger partial charge in [0.05, 0.1) is 6.21 Å². The van der Waals surface area contributed by atoms with E-state index in [0.717, 1.165) is 34.6 Å². The van der Waals surface area contributed by atoms with Crippen LogP contribution in [0.3, 0.4) is 0 Å². The number of benzene rings is 3. The topological polar surface area (TPSA) is 59.9 Å². The van der Waals surface area contributed by atoms with Crippen molar-refractivity contribution in [2.24, 2.45) is 5.10 Å². The van der Waals surface area contributed by atoms with Crippen LogP contribution >= 0.6 is 0 Å². The Morgan fingerprint density at radius 2 is 1.66 bits per heavy atom. The van der Waals surface area contributed by atoms with Crippen molar-refractivity contribution in [3.05, 3.63) is 95.6 Å². The molecule has 3 aromatic carbocycles. The van der Waals surface area contributed by atoms with E-state index in [1.807, 2.05) is 85.8 Å². The summed E-state index contributed by atoms with van der Waals surface area (Å²) in [5, 5.41) is 3.97. The van der Waals surface area contributed by atoms with Gasteiger partial charge in [-0.2, -0.15) is 5.10 Å². The Labute approximate surface area is 171 Å². The third-order valence-corrected chi connectivity index (χ3v) is 4.24. The molecule has 3 rings (SSSR count). The van der Waals surface area contributed by atoms with E-state index < -0.39 is 0 Å². The quantitative estimate of drug-likeness (QED) is 0.438. The fourth-order valence-electron chi connectivity index (χ4n) is 2.68. The van der Waals surface area contributed by atoms with Crippen molar-refractivity contribution in [1.29, 1.82) is 0 Å². The van der Waals surface area contributed by atoms with Crippen LogP contribution in [-0.2, 0) is 17.8 Å². The largest absolute Gasteiger partial charge is 0.489 e. The summed E-state index contributed by atoms with van der Waals surface area (Å²) in [6.45, 7) is 2.48. The van der Waals surface area contributed by atoms with E-state index in [9.17, 15) is 4.79 Å². The van der Waals surface area contributed by atoms with Crippen LogP contribution in [0.15, 0.2) is 84.0 Å². The fourth-order valence-corrected chi connectivity index (χ4v) is 2.68. The van der Waals surface area contributed by atoms with Gasteiger partial charge in [0.25, 0.3) is 5.91 Å². The molecule has 0 spiro atoms. The second-order valence-corrected chi connectivity index (χ2v) is 6.39. The normalized spacial score (nSPS) is 10.7. The van der Waals surface area contributed by atoms with Gasteiger partial charge in [0, 0.05) is 0 Å². The van der Waals surface area contributed by atoms with Crippen molar-refractivity contribution in [3.63, 3.8) is 0 Å². The molecule has 1 amide bonds. The Morgan fingerprint density at radius 1 is 0.931 bits per heavy atom. The lowest BCUT2D eigenvalue weighted by atomic mass is 10.1. The highest BCUT2D eigenvalue weighted by Gasteiger charge is 2.04. The Hall–Kier alpha value is -3.60. The Bertz CT molecular complexity index is 938. The summed E-state index contributed by atoms with van der Waals surface area (Å²) in [6.07, 6.45) is 2.43. The summed E-state index contributed by atoms with van der Waals surface area (Å²) in [4.78, 5) is 11.9. The summed E-state index contributed by atoms with van der Waals surface area (Å²) in [6, 6.07) is 25.2. The molecule has 0 aliphatic rings. The predicted octanol–water partition coefficient (Wildman–Crippen LogP) is 4.36. The third kappa shape index (κ3) is 6.50. The van der Waals surface area contributed by atoms with Crippen LogP contribution in [0.25, 0.3) is 0 Å². The minimum absolute atomic E-state index is 0.0827. The maximum Gasteiger partial charge on any atom is 0.277 e. The van der Waals surface area contributed by atoms with E-state index >= 15 is 0 Å². The Balaban J connectivity index is 1.43. The predicted molar refractivity (Wildman–Crippen MR) is 114 cm³/mol. The summed E-state index contributed by atoms with van der Waals surface area (Å²) >= 11 is 0. The molecule has 0 unspecified atom stereocenters. The SMILES string of the molecule is CCc1ccccc1OCC(=O)N/N=C/c1ccc(OCc2ccccc2)cc1. The molecule has 5 heteroatoms. The number of rotatable bonds is 9. The van der Waals surface area contributed by atoms with Crippen molar-refractivity contribution in [2.45, 2.75) is 20.0 Å². The lowest BCUT2D eigenvalue weighted by molar-refractivity contribution is -0.123. The smallest absolute Gasteiger partial charge is 0.277 e.